The number of hydrogen-bond donors (Lipinski definition) is 1. The summed E-state index contributed by atoms with van der Waals surface area (Å²) < 4.78 is 14.1. The molecular formula is C13H14ClFN4. The molecule has 1 unspecified atom stereocenters. The van der Waals surface area contributed by atoms with Crippen LogP contribution in [0.1, 0.15) is 30.9 Å². The summed E-state index contributed by atoms with van der Waals surface area (Å²) in [5.41, 5.74) is 0.661. The molecule has 0 radical (unpaired) electrons. The van der Waals surface area contributed by atoms with Crippen molar-refractivity contribution >= 4 is 17.5 Å². The van der Waals surface area contributed by atoms with Gasteiger partial charge in [0.15, 0.2) is 0 Å². The Bertz CT molecular complexity index is 558. The van der Waals surface area contributed by atoms with Gasteiger partial charge >= 0.3 is 0 Å². The Morgan fingerprint density at radius 3 is 3.00 bits per heavy atom. The average molecular weight is 281 g/mol. The molecule has 1 fully saturated rings. The Morgan fingerprint density at radius 1 is 1.37 bits per heavy atom. The number of aromatic nitrogens is 3. The Hall–Kier alpha value is -1.62. The van der Waals surface area contributed by atoms with E-state index in [-0.39, 0.29) is 11.9 Å². The number of anilines is 1. The highest BCUT2D eigenvalue weighted by molar-refractivity contribution is 6.30. The fraction of sp³-hybridized carbons (Fsp3) is 0.385. The van der Waals surface area contributed by atoms with Crippen LogP contribution < -0.4 is 4.90 Å². The van der Waals surface area contributed by atoms with Crippen LogP contribution in [0.5, 0.6) is 0 Å². The van der Waals surface area contributed by atoms with Crippen molar-refractivity contribution in [2.75, 3.05) is 11.4 Å². The summed E-state index contributed by atoms with van der Waals surface area (Å²) in [6.45, 7) is 0.838. The summed E-state index contributed by atoms with van der Waals surface area (Å²) in [4.78, 5) is 6.22. The SMILES string of the molecule is Fc1cc(Cl)ccc1C1CCCCN1c1nc[nH]n1. The smallest absolute Gasteiger partial charge is 0.244 e. The van der Waals surface area contributed by atoms with Crippen molar-refractivity contribution < 1.29 is 4.39 Å². The van der Waals surface area contributed by atoms with E-state index in [0.29, 0.717) is 16.5 Å². The van der Waals surface area contributed by atoms with Crippen molar-refractivity contribution in [3.8, 4) is 0 Å². The standard InChI is InChI=1S/C13H14ClFN4/c14-9-4-5-10(11(15)7-9)12-3-1-2-6-19(12)13-16-8-17-18-13/h4-5,7-8,12H,1-3,6H2,(H,16,17,18). The number of benzene rings is 1. The third-order valence-electron chi connectivity index (χ3n) is 3.48. The topological polar surface area (TPSA) is 44.8 Å². The van der Waals surface area contributed by atoms with Crippen molar-refractivity contribution in [2.45, 2.75) is 25.3 Å². The van der Waals surface area contributed by atoms with E-state index in [2.05, 4.69) is 15.2 Å². The summed E-state index contributed by atoms with van der Waals surface area (Å²) in [6, 6.07) is 4.82. The molecule has 0 spiro atoms. The van der Waals surface area contributed by atoms with Crippen molar-refractivity contribution in [2.24, 2.45) is 0 Å². The lowest BCUT2D eigenvalue weighted by atomic mass is 9.95. The number of piperidine rings is 1. The Morgan fingerprint density at radius 2 is 2.26 bits per heavy atom. The normalized spacial score (nSPS) is 19.7. The Kier molecular flexibility index (Phi) is 3.38. The second-order valence-corrected chi connectivity index (χ2v) is 5.11. The van der Waals surface area contributed by atoms with Gasteiger partial charge in [-0.05, 0) is 31.4 Å². The maximum absolute atomic E-state index is 14.1. The van der Waals surface area contributed by atoms with Gasteiger partial charge in [0.05, 0.1) is 6.04 Å². The molecule has 1 aromatic heterocycles. The van der Waals surface area contributed by atoms with E-state index in [1.165, 1.54) is 6.07 Å². The van der Waals surface area contributed by atoms with Gasteiger partial charge in [-0.25, -0.2) is 9.37 Å². The van der Waals surface area contributed by atoms with E-state index >= 15 is 0 Å². The van der Waals surface area contributed by atoms with E-state index < -0.39 is 0 Å². The van der Waals surface area contributed by atoms with Crippen LogP contribution in [0.3, 0.4) is 0 Å². The van der Waals surface area contributed by atoms with E-state index in [0.717, 1.165) is 25.8 Å². The Labute approximate surface area is 115 Å². The van der Waals surface area contributed by atoms with Crippen molar-refractivity contribution in [3.05, 3.63) is 40.9 Å². The van der Waals surface area contributed by atoms with Gasteiger partial charge in [-0.3, -0.25) is 5.10 Å². The highest BCUT2D eigenvalue weighted by Gasteiger charge is 2.28. The second-order valence-electron chi connectivity index (χ2n) is 4.67. The number of hydrogen-bond acceptors (Lipinski definition) is 3. The second kappa shape index (κ2) is 5.17. The number of nitrogens with one attached hydrogen (secondary N) is 1. The lowest BCUT2D eigenvalue weighted by Gasteiger charge is -2.35. The van der Waals surface area contributed by atoms with Crippen LogP contribution in [0.2, 0.25) is 5.02 Å². The fourth-order valence-electron chi connectivity index (χ4n) is 2.61. The van der Waals surface area contributed by atoms with Crippen LogP contribution in [-0.4, -0.2) is 21.7 Å². The fourth-order valence-corrected chi connectivity index (χ4v) is 2.77. The van der Waals surface area contributed by atoms with Crippen LogP contribution in [0, 0.1) is 5.82 Å². The molecule has 1 aliphatic heterocycles. The summed E-state index contributed by atoms with van der Waals surface area (Å²) >= 11 is 5.81. The van der Waals surface area contributed by atoms with Crippen LogP contribution in [0.4, 0.5) is 10.3 Å². The third kappa shape index (κ3) is 2.42. The van der Waals surface area contributed by atoms with Gasteiger partial charge in [0.25, 0.3) is 0 Å². The molecule has 100 valence electrons. The molecule has 6 heteroatoms. The molecular weight excluding hydrogens is 267 g/mol. The van der Waals surface area contributed by atoms with Gasteiger partial charge in [0.1, 0.15) is 12.1 Å². The molecule has 1 aromatic carbocycles. The molecule has 4 nitrogen and oxygen atoms in total. The minimum Gasteiger partial charge on any atom is -0.332 e. The molecule has 1 N–H and O–H groups in total. The number of nitrogens with zero attached hydrogens (tertiary/aromatic N) is 3. The highest BCUT2D eigenvalue weighted by atomic mass is 35.5. The first-order valence-corrected chi connectivity index (χ1v) is 6.71. The molecule has 0 saturated carbocycles. The predicted molar refractivity (Wildman–Crippen MR) is 71.7 cm³/mol. The number of halogens is 2. The van der Waals surface area contributed by atoms with Crippen molar-refractivity contribution in [1.82, 2.24) is 15.2 Å². The number of rotatable bonds is 2. The number of H-pyrrole nitrogens is 1. The summed E-state index contributed by atoms with van der Waals surface area (Å²) in [5.74, 6) is 0.360. The number of aromatic amines is 1. The lowest BCUT2D eigenvalue weighted by Crippen LogP contribution is -2.34. The van der Waals surface area contributed by atoms with Gasteiger partial charge < -0.3 is 4.90 Å². The average Bonchev–Trinajstić information content (AvgIpc) is 2.93. The van der Waals surface area contributed by atoms with Crippen LogP contribution in [0.25, 0.3) is 0 Å². The zero-order valence-electron chi connectivity index (χ0n) is 10.3. The van der Waals surface area contributed by atoms with Gasteiger partial charge in [0, 0.05) is 17.1 Å². The van der Waals surface area contributed by atoms with Crippen LogP contribution in [-0.2, 0) is 0 Å². The molecule has 1 aliphatic rings. The lowest BCUT2D eigenvalue weighted by molar-refractivity contribution is 0.449. The zero-order valence-corrected chi connectivity index (χ0v) is 11.1. The van der Waals surface area contributed by atoms with E-state index in [9.17, 15) is 4.39 Å². The first-order valence-electron chi connectivity index (χ1n) is 6.33. The molecule has 19 heavy (non-hydrogen) atoms. The van der Waals surface area contributed by atoms with Crippen molar-refractivity contribution in [1.29, 1.82) is 0 Å². The van der Waals surface area contributed by atoms with Crippen molar-refractivity contribution in [3.63, 3.8) is 0 Å². The van der Waals surface area contributed by atoms with Gasteiger partial charge in [-0.2, -0.15) is 0 Å². The molecule has 1 atom stereocenters. The molecule has 0 bridgehead atoms. The summed E-state index contributed by atoms with van der Waals surface area (Å²) in [5, 5.41) is 7.23. The summed E-state index contributed by atoms with van der Waals surface area (Å²) in [7, 11) is 0. The Balaban J connectivity index is 1.96. The molecule has 2 heterocycles. The minimum absolute atomic E-state index is 0.0261. The van der Waals surface area contributed by atoms with Crippen LogP contribution in [0.15, 0.2) is 24.5 Å². The first kappa shape index (κ1) is 12.4. The molecule has 3 rings (SSSR count). The summed E-state index contributed by atoms with van der Waals surface area (Å²) in [6.07, 6.45) is 4.58. The minimum atomic E-state index is -0.264. The molecule has 0 aliphatic carbocycles. The quantitative estimate of drug-likeness (QED) is 0.918. The van der Waals surface area contributed by atoms with E-state index in [1.807, 2.05) is 4.90 Å². The molecule has 0 amide bonds. The van der Waals surface area contributed by atoms with E-state index in [4.69, 9.17) is 11.6 Å². The molecule has 1 saturated heterocycles. The van der Waals surface area contributed by atoms with Crippen LogP contribution >= 0.6 is 11.6 Å². The maximum atomic E-state index is 14.1. The highest BCUT2D eigenvalue weighted by Crippen LogP contribution is 2.34. The third-order valence-corrected chi connectivity index (χ3v) is 3.72. The van der Waals surface area contributed by atoms with Gasteiger partial charge in [0.2, 0.25) is 5.95 Å². The largest absolute Gasteiger partial charge is 0.332 e. The zero-order chi connectivity index (χ0) is 13.2. The van der Waals surface area contributed by atoms with Gasteiger partial charge in [-0.1, -0.05) is 17.7 Å². The monoisotopic (exact) mass is 280 g/mol. The first-order chi connectivity index (χ1) is 9.25. The van der Waals surface area contributed by atoms with Gasteiger partial charge in [-0.15, -0.1) is 5.10 Å². The van der Waals surface area contributed by atoms with E-state index in [1.54, 1.807) is 18.5 Å². The maximum Gasteiger partial charge on any atom is 0.244 e. The molecule has 2 aromatic rings. The predicted octanol–water partition coefficient (Wildman–Crippen LogP) is 3.33.